The average molecular weight is 360 g/mol. The van der Waals surface area contributed by atoms with Gasteiger partial charge in [-0.05, 0) is 37.3 Å². The molecule has 3 rings (SSSR count). The van der Waals surface area contributed by atoms with E-state index in [1.807, 2.05) is 13.1 Å². The molecule has 0 aliphatic heterocycles. The summed E-state index contributed by atoms with van der Waals surface area (Å²) >= 11 is 5.91. The number of nitrogens with zero attached hydrogens (tertiary/aromatic N) is 2. The van der Waals surface area contributed by atoms with Crippen LogP contribution in [0.1, 0.15) is 28.8 Å². The minimum absolute atomic E-state index is 0.219. The summed E-state index contributed by atoms with van der Waals surface area (Å²) in [6, 6.07) is 10.4. The van der Waals surface area contributed by atoms with Crippen LogP contribution in [0, 0.1) is 0 Å². The molecule has 0 saturated carbocycles. The van der Waals surface area contributed by atoms with Gasteiger partial charge in [0.05, 0.1) is 6.20 Å². The number of benzene rings is 1. The molecule has 0 spiro atoms. The van der Waals surface area contributed by atoms with Crippen molar-refractivity contribution in [1.82, 2.24) is 15.1 Å². The van der Waals surface area contributed by atoms with Gasteiger partial charge in [-0.3, -0.25) is 9.48 Å². The highest BCUT2D eigenvalue weighted by atomic mass is 35.5. The first kappa shape index (κ1) is 17.1. The number of nitrogens with one attached hydrogen (secondary N) is 1. The van der Waals surface area contributed by atoms with Crippen LogP contribution >= 0.6 is 11.6 Å². The van der Waals surface area contributed by atoms with E-state index >= 15 is 0 Å². The zero-order valence-electron chi connectivity index (χ0n) is 13.7. The van der Waals surface area contributed by atoms with E-state index in [1.54, 1.807) is 47.3 Å². The van der Waals surface area contributed by atoms with Gasteiger partial charge in [0.25, 0.3) is 5.91 Å². The van der Waals surface area contributed by atoms with Gasteiger partial charge in [-0.15, -0.1) is 0 Å². The number of hydrogen-bond donors (Lipinski definition) is 1. The number of halogens is 1. The zero-order valence-corrected chi connectivity index (χ0v) is 14.5. The molecule has 3 aromatic rings. The monoisotopic (exact) mass is 359 g/mol. The zero-order chi connectivity index (χ0) is 17.6. The van der Waals surface area contributed by atoms with E-state index in [4.69, 9.17) is 20.8 Å². The Morgan fingerprint density at radius 3 is 3.00 bits per heavy atom. The molecule has 6 nitrogen and oxygen atoms in total. The number of aromatic nitrogens is 2. The van der Waals surface area contributed by atoms with E-state index in [0.29, 0.717) is 23.1 Å². The van der Waals surface area contributed by atoms with E-state index in [9.17, 15) is 4.79 Å². The SMILES string of the molecule is CCn1cc(CNC(=O)c2ccc(COc3cccc(Cl)c3)o2)cn1. The van der Waals surface area contributed by atoms with Gasteiger partial charge in [0.15, 0.2) is 5.76 Å². The van der Waals surface area contributed by atoms with Gasteiger partial charge in [0, 0.05) is 29.9 Å². The second-order valence-electron chi connectivity index (χ2n) is 5.40. The molecule has 0 fully saturated rings. The summed E-state index contributed by atoms with van der Waals surface area (Å²) in [5.74, 6) is 1.16. The number of furan rings is 1. The first-order valence-electron chi connectivity index (χ1n) is 7.90. The van der Waals surface area contributed by atoms with Gasteiger partial charge in [0.1, 0.15) is 18.1 Å². The van der Waals surface area contributed by atoms with Gasteiger partial charge in [-0.1, -0.05) is 17.7 Å². The maximum absolute atomic E-state index is 12.1. The number of carbonyl (C=O) groups is 1. The number of ether oxygens (including phenoxy) is 1. The summed E-state index contributed by atoms with van der Waals surface area (Å²) in [5, 5.41) is 7.57. The van der Waals surface area contributed by atoms with E-state index < -0.39 is 0 Å². The van der Waals surface area contributed by atoms with Crippen molar-refractivity contribution in [3.05, 3.63) is 70.9 Å². The van der Waals surface area contributed by atoms with Crippen LogP contribution in [0.2, 0.25) is 5.02 Å². The van der Waals surface area contributed by atoms with Crippen molar-refractivity contribution in [3.8, 4) is 5.75 Å². The first-order valence-corrected chi connectivity index (χ1v) is 8.28. The molecule has 130 valence electrons. The van der Waals surface area contributed by atoms with Crippen LogP contribution in [0.5, 0.6) is 5.75 Å². The Balaban J connectivity index is 1.52. The Morgan fingerprint density at radius 1 is 1.36 bits per heavy atom. The molecule has 0 radical (unpaired) electrons. The number of amides is 1. The smallest absolute Gasteiger partial charge is 0.287 e. The van der Waals surface area contributed by atoms with Crippen molar-refractivity contribution >= 4 is 17.5 Å². The van der Waals surface area contributed by atoms with Gasteiger partial charge in [0.2, 0.25) is 0 Å². The third-order valence-electron chi connectivity index (χ3n) is 3.53. The normalized spacial score (nSPS) is 10.6. The number of hydrogen-bond acceptors (Lipinski definition) is 4. The van der Waals surface area contributed by atoms with Crippen LogP contribution < -0.4 is 10.1 Å². The molecule has 0 aliphatic rings. The summed E-state index contributed by atoms with van der Waals surface area (Å²) < 4.78 is 12.9. The molecule has 7 heteroatoms. The van der Waals surface area contributed by atoms with Crippen molar-refractivity contribution in [1.29, 1.82) is 0 Å². The number of aryl methyl sites for hydroxylation is 1. The Labute approximate surface area is 150 Å². The van der Waals surface area contributed by atoms with Crippen molar-refractivity contribution < 1.29 is 13.9 Å². The molecular weight excluding hydrogens is 342 g/mol. The number of carbonyl (C=O) groups excluding carboxylic acids is 1. The summed E-state index contributed by atoms with van der Waals surface area (Å²) in [6.45, 7) is 3.41. The Kier molecular flexibility index (Phi) is 5.40. The van der Waals surface area contributed by atoms with Crippen molar-refractivity contribution in [2.75, 3.05) is 0 Å². The molecule has 0 saturated heterocycles. The minimum atomic E-state index is -0.279. The molecule has 25 heavy (non-hydrogen) atoms. The molecule has 0 aliphatic carbocycles. The molecule has 1 amide bonds. The third kappa shape index (κ3) is 4.64. The van der Waals surface area contributed by atoms with E-state index in [1.165, 1.54) is 0 Å². The fraction of sp³-hybridized carbons (Fsp3) is 0.222. The van der Waals surface area contributed by atoms with Crippen LogP contribution in [-0.2, 0) is 19.7 Å². The quantitative estimate of drug-likeness (QED) is 0.699. The van der Waals surface area contributed by atoms with Crippen molar-refractivity contribution in [2.45, 2.75) is 26.6 Å². The van der Waals surface area contributed by atoms with E-state index in [2.05, 4.69) is 10.4 Å². The van der Waals surface area contributed by atoms with Crippen molar-refractivity contribution in [2.24, 2.45) is 0 Å². The maximum atomic E-state index is 12.1. The van der Waals surface area contributed by atoms with Crippen LogP contribution in [0.25, 0.3) is 0 Å². The number of rotatable bonds is 7. The first-order chi connectivity index (χ1) is 12.1. The summed E-state index contributed by atoms with van der Waals surface area (Å²) in [7, 11) is 0. The van der Waals surface area contributed by atoms with Crippen LogP contribution in [0.4, 0.5) is 0 Å². The summed E-state index contributed by atoms with van der Waals surface area (Å²) in [4.78, 5) is 12.1. The van der Waals surface area contributed by atoms with Gasteiger partial charge in [-0.25, -0.2) is 0 Å². The maximum Gasteiger partial charge on any atom is 0.287 e. The summed E-state index contributed by atoms with van der Waals surface area (Å²) in [6.07, 6.45) is 3.63. The fourth-order valence-corrected chi connectivity index (χ4v) is 2.41. The second-order valence-corrected chi connectivity index (χ2v) is 5.84. The predicted molar refractivity (Wildman–Crippen MR) is 93.6 cm³/mol. The lowest BCUT2D eigenvalue weighted by molar-refractivity contribution is 0.0919. The third-order valence-corrected chi connectivity index (χ3v) is 3.76. The topological polar surface area (TPSA) is 69.3 Å². The van der Waals surface area contributed by atoms with E-state index in [-0.39, 0.29) is 18.3 Å². The molecule has 0 unspecified atom stereocenters. The molecule has 0 bridgehead atoms. The lowest BCUT2D eigenvalue weighted by Crippen LogP contribution is -2.22. The molecule has 1 N–H and O–H groups in total. The van der Waals surface area contributed by atoms with Gasteiger partial charge in [-0.2, -0.15) is 5.10 Å². The molecular formula is C18H18ClN3O3. The molecule has 1 aromatic carbocycles. The van der Waals surface area contributed by atoms with Crippen molar-refractivity contribution in [3.63, 3.8) is 0 Å². The second kappa shape index (κ2) is 7.90. The average Bonchev–Trinajstić information content (AvgIpc) is 3.27. The highest BCUT2D eigenvalue weighted by molar-refractivity contribution is 6.30. The van der Waals surface area contributed by atoms with E-state index in [0.717, 1.165) is 12.1 Å². The lowest BCUT2D eigenvalue weighted by Gasteiger charge is -2.04. The van der Waals surface area contributed by atoms with Crippen LogP contribution in [0.3, 0.4) is 0 Å². The highest BCUT2D eigenvalue weighted by Gasteiger charge is 2.12. The van der Waals surface area contributed by atoms with Gasteiger partial charge >= 0.3 is 0 Å². The Morgan fingerprint density at radius 2 is 2.24 bits per heavy atom. The highest BCUT2D eigenvalue weighted by Crippen LogP contribution is 2.19. The predicted octanol–water partition coefficient (Wildman–Crippen LogP) is 3.66. The standard InChI is InChI=1S/C18H18ClN3O3/c1-2-22-11-13(10-21-22)9-20-18(23)17-7-6-16(25-17)12-24-15-5-3-4-14(19)8-15/h3-8,10-11H,2,9,12H2,1H3,(H,20,23). The fourth-order valence-electron chi connectivity index (χ4n) is 2.23. The Hall–Kier alpha value is -2.73. The summed E-state index contributed by atoms with van der Waals surface area (Å²) in [5.41, 5.74) is 0.936. The minimum Gasteiger partial charge on any atom is -0.486 e. The lowest BCUT2D eigenvalue weighted by atomic mass is 10.3. The largest absolute Gasteiger partial charge is 0.486 e. The van der Waals surface area contributed by atoms with Crippen LogP contribution in [0.15, 0.2) is 53.2 Å². The molecule has 2 aromatic heterocycles. The van der Waals surface area contributed by atoms with Gasteiger partial charge < -0.3 is 14.5 Å². The van der Waals surface area contributed by atoms with Crippen LogP contribution in [-0.4, -0.2) is 15.7 Å². The molecule has 0 atom stereocenters. The molecule has 2 heterocycles. The Bertz CT molecular complexity index is 857.